The van der Waals surface area contributed by atoms with Gasteiger partial charge in [0.05, 0.1) is 8.07 Å². The van der Waals surface area contributed by atoms with Gasteiger partial charge in [0.2, 0.25) is 0 Å². The van der Waals surface area contributed by atoms with Crippen molar-refractivity contribution in [2.24, 2.45) is 5.92 Å². The van der Waals surface area contributed by atoms with E-state index in [1.54, 1.807) is 14.2 Å². The average Bonchev–Trinajstić information content (AvgIpc) is 2.56. The Morgan fingerprint density at radius 1 is 1.05 bits per heavy atom. The molecule has 0 aliphatic heterocycles. The summed E-state index contributed by atoms with van der Waals surface area (Å²) in [5.41, 5.74) is 0. The first-order valence-corrected chi connectivity index (χ1v) is 11.3. The topological polar surface area (TPSA) is 18.5 Å². The lowest BCUT2D eigenvalue weighted by Crippen LogP contribution is -2.31. The van der Waals surface area contributed by atoms with E-state index in [1.165, 1.54) is 38.5 Å². The maximum absolute atomic E-state index is 5.54. The summed E-state index contributed by atoms with van der Waals surface area (Å²) in [6.07, 6.45) is 9.06. The molecule has 0 heterocycles. The number of hydrogen-bond donors (Lipinski definition) is 0. The third kappa shape index (κ3) is 6.46. The molecule has 19 heavy (non-hydrogen) atoms. The maximum atomic E-state index is 5.54. The molecule has 4 heteroatoms. The second-order valence-corrected chi connectivity index (χ2v) is 11.7. The van der Waals surface area contributed by atoms with Crippen LogP contribution in [-0.2, 0) is 9.31 Å². The molecule has 0 saturated heterocycles. The first kappa shape index (κ1) is 17.3. The Kier molecular flexibility index (Phi) is 7.70. The van der Waals surface area contributed by atoms with Gasteiger partial charge < -0.3 is 9.31 Å². The fraction of sp³-hybridized carbons (Fsp3) is 0.933. The molecule has 2 unspecified atom stereocenters. The van der Waals surface area contributed by atoms with Gasteiger partial charge in [-0.1, -0.05) is 58.2 Å². The zero-order valence-electron chi connectivity index (χ0n) is 13.5. The van der Waals surface area contributed by atoms with Crippen LogP contribution < -0.4 is 0 Å². The zero-order chi connectivity index (χ0) is 14.3. The minimum Gasteiger partial charge on any atom is -0.414 e. The molecule has 0 spiro atoms. The maximum Gasteiger partial charge on any atom is 0.460 e. The summed E-state index contributed by atoms with van der Waals surface area (Å²) in [7, 11) is 2.40. The third-order valence-corrected chi connectivity index (χ3v) is 5.51. The van der Waals surface area contributed by atoms with Crippen LogP contribution in [0, 0.1) is 12.0 Å². The van der Waals surface area contributed by atoms with E-state index in [9.17, 15) is 0 Å². The van der Waals surface area contributed by atoms with Gasteiger partial charge in [0, 0.05) is 14.2 Å². The summed E-state index contributed by atoms with van der Waals surface area (Å²) in [6, 6.07) is 3.74. The smallest absolute Gasteiger partial charge is 0.414 e. The highest BCUT2D eigenvalue weighted by molar-refractivity contribution is 6.79. The largest absolute Gasteiger partial charge is 0.460 e. The monoisotopic (exact) mass is 282 g/mol. The SMILES string of the molecule is COB(OC)C1CCCCCC1CC[C][Si](C)(C)C. The van der Waals surface area contributed by atoms with Gasteiger partial charge in [-0.2, -0.15) is 0 Å². The molecule has 1 saturated carbocycles. The minimum absolute atomic E-state index is 0.0185. The standard InChI is InChI=1S/C15H31BO2Si/c1-17-16(18-2)15-12-8-6-7-10-14(15)11-9-13-19(3,4)5/h14-15H,6-12H2,1-5H3. The van der Waals surface area contributed by atoms with Crippen molar-refractivity contribution in [2.75, 3.05) is 14.2 Å². The summed E-state index contributed by atoms with van der Waals surface area (Å²) < 4.78 is 11.1. The third-order valence-electron chi connectivity index (χ3n) is 4.20. The zero-order valence-corrected chi connectivity index (χ0v) is 14.5. The van der Waals surface area contributed by atoms with Crippen molar-refractivity contribution in [1.29, 1.82) is 0 Å². The van der Waals surface area contributed by atoms with E-state index in [-0.39, 0.29) is 7.12 Å². The summed E-state index contributed by atoms with van der Waals surface area (Å²) in [6.45, 7) is 7.10. The Balaban J connectivity index is 2.53. The van der Waals surface area contributed by atoms with Crippen molar-refractivity contribution in [3.63, 3.8) is 0 Å². The Hall–Kier alpha value is 0.202. The second-order valence-electron chi connectivity index (χ2n) is 6.87. The van der Waals surface area contributed by atoms with Crippen LogP contribution in [0.4, 0.5) is 0 Å². The van der Waals surface area contributed by atoms with E-state index in [2.05, 4.69) is 25.7 Å². The van der Waals surface area contributed by atoms with Crippen LogP contribution in [0.15, 0.2) is 0 Å². The highest BCUT2D eigenvalue weighted by Gasteiger charge is 2.35. The van der Waals surface area contributed by atoms with Gasteiger partial charge in [-0.05, 0) is 24.2 Å². The molecule has 110 valence electrons. The molecule has 0 aromatic heterocycles. The van der Waals surface area contributed by atoms with E-state index in [0.717, 1.165) is 12.3 Å². The van der Waals surface area contributed by atoms with Crippen molar-refractivity contribution < 1.29 is 9.31 Å². The predicted octanol–water partition coefficient (Wildman–Crippen LogP) is 4.46. The summed E-state index contributed by atoms with van der Waals surface area (Å²) in [5, 5.41) is 0. The fourth-order valence-corrected chi connectivity index (χ4v) is 4.10. The normalized spacial score (nSPS) is 25.1. The molecule has 2 atom stereocenters. The molecule has 1 fully saturated rings. The molecule has 0 aromatic carbocycles. The molecular formula is C15H31BO2Si. The van der Waals surface area contributed by atoms with Crippen LogP contribution in [0.5, 0.6) is 0 Å². The van der Waals surface area contributed by atoms with Crippen LogP contribution in [0.2, 0.25) is 25.5 Å². The lowest BCUT2D eigenvalue weighted by molar-refractivity contribution is 0.241. The van der Waals surface area contributed by atoms with Crippen molar-refractivity contribution >= 4 is 15.2 Å². The number of hydrogen-bond acceptors (Lipinski definition) is 2. The molecule has 1 rings (SSSR count). The van der Waals surface area contributed by atoms with Gasteiger partial charge in [0.15, 0.2) is 0 Å². The lowest BCUT2D eigenvalue weighted by atomic mass is 9.61. The van der Waals surface area contributed by atoms with Gasteiger partial charge in [0.1, 0.15) is 0 Å². The molecule has 0 N–H and O–H groups in total. The van der Waals surface area contributed by atoms with E-state index in [1.807, 2.05) is 0 Å². The van der Waals surface area contributed by atoms with E-state index < -0.39 is 8.07 Å². The molecule has 1 aliphatic rings. The van der Waals surface area contributed by atoms with Crippen molar-refractivity contribution in [1.82, 2.24) is 0 Å². The average molecular weight is 282 g/mol. The molecule has 2 nitrogen and oxygen atoms in total. The Labute approximate surface area is 121 Å². The van der Waals surface area contributed by atoms with E-state index >= 15 is 0 Å². The van der Waals surface area contributed by atoms with Gasteiger partial charge in [-0.25, -0.2) is 0 Å². The second kappa shape index (κ2) is 8.48. The Morgan fingerprint density at radius 3 is 2.26 bits per heavy atom. The van der Waals surface area contributed by atoms with Gasteiger partial charge in [0.25, 0.3) is 0 Å². The van der Waals surface area contributed by atoms with Crippen LogP contribution in [-0.4, -0.2) is 29.4 Å². The first-order chi connectivity index (χ1) is 8.98. The minimum atomic E-state index is -1.13. The predicted molar refractivity (Wildman–Crippen MR) is 85.9 cm³/mol. The Bertz CT molecular complexity index is 239. The summed E-state index contributed by atoms with van der Waals surface area (Å²) >= 11 is 0. The van der Waals surface area contributed by atoms with Crippen LogP contribution >= 0.6 is 0 Å². The lowest BCUT2D eigenvalue weighted by Gasteiger charge is -2.28. The van der Waals surface area contributed by atoms with E-state index in [4.69, 9.17) is 9.31 Å². The van der Waals surface area contributed by atoms with Gasteiger partial charge in [-0.15, -0.1) is 0 Å². The molecule has 1 aliphatic carbocycles. The highest BCUT2D eigenvalue weighted by atomic mass is 28.3. The first-order valence-electron chi connectivity index (χ1n) is 7.78. The van der Waals surface area contributed by atoms with Gasteiger partial charge >= 0.3 is 7.12 Å². The summed E-state index contributed by atoms with van der Waals surface area (Å²) in [5.74, 6) is 1.32. The molecule has 2 radical (unpaired) electrons. The fourth-order valence-electron chi connectivity index (χ4n) is 3.21. The van der Waals surface area contributed by atoms with Crippen LogP contribution in [0.25, 0.3) is 0 Å². The van der Waals surface area contributed by atoms with Crippen LogP contribution in [0.3, 0.4) is 0 Å². The molecule has 0 aromatic rings. The van der Waals surface area contributed by atoms with E-state index in [0.29, 0.717) is 5.82 Å². The van der Waals surface area contributed by atoms with Crippen molar-refractivity contribution in [3.8, 4) is 0 Å². The number of rotatable bonds is 7. The quantitative estimate of drug-likeness (QED) is 0.507. The highest BCUT2D eigenvalue weighted by Crippen LogP contribution is 2.39. The Morgan fingerprint density at radius 2 is 1.68 bits per heavy atom. The molecule has 0 amide bonds. The van der Waals surface area contributed by atoms with Crippen molar-refractivity contribution in [2.45, 2.75) is 70.4 Å². The molecular weight excluding hydrogens is 251 g/mol. The summed E-state index contributed by atoms with van der Waals surface area (Å²) in [4.78, 5) is 0. The van der Waals surface area contributed by atoms with Gasteiger partial charge in [-0.3, -0.25) is 0 Å². The van der Waals surface area contributed by atoms with Crippen LogP contribution in [0.1, 0.15) is 44.9 Å². The molecule has 0 bridgehead atoms. The van der Waals surface area contributed by atoms with Crippen molar-refractivity contribution in [3.05, 3.63) is 6.04 Å².